The van der Waals surface area contributed by atoms with E-state index >= 15 is 0 Å². The highest BCUT2D eigenvalue weighted by molar-refractivity contribution is 7.11. The molecule has 2 N–H and O–H groups in total. The minimum absolute atomic E-state index is 0.401. The molecule has 0 aliphatic carbocycles. The van der Waals surface area contributed by atoms with Gasteiger partial charge in [-0.15, -0.1) is 11.3 Å². The molecule has 3 nitrogen and oxygen atoms in total. The number of aromatic nitrogens is 1. The largest absolute Gasteiger partial charge is 0.486 e. The predicted molar refractivity (Wildman–Crippen MR) is 89.0 cm³/mol. The van der Waals surface area contributed by atoms with Gasteiger partial charge in [0.1, 0.15) is 17.4 Å². The molecule has 0 amide bonds. The van der Waals surface area contributed by atoms with Gasteiger partial charge in [-0.05, 0) is 29.5 Å². The fourth-order valence-electron chi connectivity index (χ4n) is 2.18. The number of hydrogen-bond donors (Lipinski definition) is 1. The molecule has 0 atom stereocenters. The van der Waals surface area contributed by atoms with Crippen molar-refractivity contribution in [2.45, 2.75) is 52.7 Å². The quantitative estimate of drug-likeness (QED) is 0.859. The fraction of sp³-hybridized carbons (Fsp3) is 0.471. The Hall–Kier alpha value is -1.39. The van der Waals surface area contributed by atoms with Crippen LogP contribution in [0.2, 0.25) is 0 Å². The summed E-state index contributed by atoms with van der Waals surface area (Å²) >= 11 is 1.66. The van der Waals surface area contributed by atoms with Gasteiger partial charge in [-0.3, -0.25) is 0 Å². The van der Waals surface area contributed by atoms with Gasteiger partial charge < -0.3 is 10.5 Å². The Morgan fingerprint density at radius 1 is 1.19 bits per heavy atom. The van der Waals surface area contributed by atoms with Crippen LogP contribution in [0.5, 0.6) is 5.75 Å². The van der Waals surface area contributed by atoms with Crippen LogP contribution >= 0.6 is 11.3 Å². The maximum absolute atomic E-state index is 5.88. The zero-order chi connectivity index (χ0) is 15.4. The van der Waals surface area contributed by atoms with E-state index in [0.29, 0.717) is 25.0 Å². The van der Waals surface area contributed by atoms with Crippen molar-refractivity contribution in [3.8, 4) is 5.75 Å². The third kappa shape index (κ3) is 4.05. The normalized spacial score (nSPS) is 11.4. The van der Waals surface area contributed by atoms with Crippen molar-refractivity contribution in [1.82, 2.24) is 4.98 Å². The van der Waals surface area contributed by atoms with Gasteiger partial charge in [0.05, 0.1) is 5.69 Å². The molecule has 4 heteroatoms. The van der Waals surface area contributed by atoms with Gasteiger partial charge in [-0.2, -0.15) is 0 Å². The van der Waals surface area contributed by atoms with Crippen LogP contribution in [-0.2, 0) is 13.2 Å². The van der Waals surface area contributed by atoms with Gasteiger partial charge in [0.2, 0.25) is 0 Å². The highest BCUT2D eigenvalue weighted by atomic mass is 32.1. The van der Waals surface area contributed by atoms with Crippen molar-refractivity contribution >= 4 is 11.3 Å². The summed E-state index contributed by atoms with van der Waals surface area (Å²) in [5, 5.41) is 0.995. The van der Waals surface area contributed by atoms with Gasteiger partial charge >= 0.3 is 0 Å². The summed E-state index contributed by atoms with van der Waals surface area (Å²) in [6.07, 6.45) is 0. The zero-order valence-electron chi connectivity index (χ0n) is 13.2. The van der Waals surface area contributed by atoms with Crippen LogP contribution in [0.3, 0.4) is 0 Å². The van der Waals surface area contributed by atoms with Crippen LogP contribution in [0.1, 0.15) is 60.7 Å². The molecular weight excluding hydrogens is 280 g/mol. The first-order valence-corrected chi connectivity index (χ1v) is 8.24. The molecule has 0 fully saturated rings. The Morgan fingerprint density at radius 3 is 2.52 bits per heavy atom. The Morgan fingerprint density at radius 2 is 1.95 bits per heavy atom. The lowest BCUT2D eigenvalue weighted by Gasteiger charge is -2.09. The molecule has 1 aromatic carbocycles. The second-order valence-electron chi connectivity index (χ2n) is 5.79. The third-order valence-electron chi connectivity index (χ3n) is 3.39. The van der Waals surface area contributed by atoms with Gasteiger partial charge in [-0.1, -0.05) is 39.8 Å². The van der Waals surface area contributed by atoms with E-state index in [1.807, 2.05) is 12.1 Å². The van der Waals surface area contributed by atoms with E-state index in [0.717, 1.165) is 16.5 Å². The topological polar surface area (TPSA) is 48.1 Å². The summed E-state index contributed by atoms with van der Waals surface area (Å²) < 4.78 is 5.88. The number of rotatable bonds is 6. The molecule has 0 saturated carbocycles. The van der Waals surface area contributed by atoms with Gasteiger partial charge in [0, 0.05) is 11.4 Å². The Bertz CT molecular complexity index is 590. The van der Waals surface area contributed by atoms with E-state index in [4.69, 9.17) is 10.5 Å². The summed E-state index contributed by atoms with van der Waals surface area (Å²) in [6.45, 7) is 9.71. The van der Waals surface area contributed by atoms with Crippen LogP contribution in [0.25, 0.3) is 0 Å². The molecule has 0 saturated heterocycles. The number of nitrogens with zero attached hydrogens (tertiary/aromatic N) is 1. The van der Waals surface area contributed by atoms with Crippen LogP contribution in [0, 0.1) is 0 Å². The van der Waals surface area contributed by atoms with E-state index in [2.05, 4.69) is 44.8 Å². The van der Waals surface area contributed by atoms with Crippen molar-refractivity contribution in [3.05, 3.63) is 45.4 Å². The van der Waals surface area contributed by atoms with Crippen molar-refractivity contribution in [1.29, 1.82) is 0 Å². The minimum atomic E-state index is 0.401. The molecule has 0 bridgehead atoms. The van der Waals surface area contributed by atoms with Gasteiger partial charge in [0.15, 0.2) is 0 Å². The SMILES string of the molecule is CC(C)c1cccc(OCc2nc(C(C)C)c(CN)s2)c1. The van der Waals surface area contributed by atoms with Gasteiger partial charge in [0.25, 0.3) is 0 Å². The molecule has 0 unspecified atom stereocenters. The maximum Gasteiger partial charge on any atom is 0.140 e. The molecule has 0 radical (unpaired) electrons. The first-order chi connectivity index (χ1) is 10.0. The Kier molecular flexibility index (Phi) is 5.37. The highest BCUT2D eigenvalue weighted by Crippen LogP contribution is 2.26. The average molecular weight is 304 g/mol. The van der Waals surface area contributed by atoms with Crippen molar-refractivity contribution in [3.63, 3.8) is 0 Å². The molecule has 0 aliphatic heterocycles. The summed E-state index contributed by atoms with van der Waals surface area (Å²) in [7, 11) is 0. The number of hydrogen-bond acceptors (Lipinski definition) is 4. The molecule has 1 heterocycles. The molecule has 21 heavy (non-hydrogen) atoms. The minimum Gasteiger partial charge on any atom is -0.486 e. The van der Waals surface area contributed by atoms with E-state index < -0.39 is 0 Å². The van der Waals surface area contributed by atoms with Crippen molar-refractivity contribution < 1.29 is 4.74 Å². The fourth-order valence-corrected chi connectivity index (χ4v) is 3.20. The lowest BCUT2D eigenvalue weighted by atomic mass is 10.0. The molecule has 2 rings (SSSR count). The van der Waals surface area contributed by atoms with Crippen molar-refractivity contribution in [2.75, 3.05) is 0 Å². The van der Waals surface area contributed by atoms with Crippen LogP contribution in [0.4, 0.5) is 0 Å². The molecule has 1 aromatic heterocycles. The molecule has 0 aliphatic rings. The maximum atomic E-state index is 5.88. The first-order valence-electron chi connectivity index (χ1n) is 7.42. The second kappa shape index (κ2) is 7.05. The smallest absolute Gasteiger partial charge is 0.140 e. The van der Waals surface area contributed by atoms with Crippen LogP contribution < -0.4 is 10.5 Å². The lowest BCUT2D eigenvalue weighted by Crippen LogP contribution is -2.00. The third-order valence-corrected chi connectivity index (χ3v) is 4.46. The van der Waals surface area contributed by atoms with E-state index in [-0.39, 0.29) is 0 Å². The Balaban J connectivity index is 2.08. The molecule has 0 spiro atoms. The van der Waals surface area contributed by atoms with Gasteiger partial charge in [-0.25, -0.2) is 4.98 Å². The van der Waals surface area contributed by atoms with E-state index in [9.17, 15) is 0 Å². The second-order valence-corrected chi connectivity index (χ2v) is 6.96. The zero-order valence-corrected chi connectivity index (χ0v) is 14.0. The number of benzene rings is 1. The lowest BCUT2D eigenvalue weighted by molar-refractivity contribution is 0.305. The number of nitrogens with two attached hydrogens (primary N) is 1. The van der Waals surface area contributed by atoms with Crippen molar-refractivity contribution in [2.24, 2.45) is 5.73 Å². The molecule has 2 aromatic rings. The summed E-state index contributed by atoms with van der Waals surface area (Å²) in [5.41, 5.74) is 8.19. The summed E-state index contributed by atoms with van der Waals surface area (Å²) in [4.78, 5) is 5.83. The standard InChI is InChI=1S/C17H24N2OS/c1-11(2)13-6-5-7-14(8-13)20-10-16-19-17(12(3)4)15(9-18)21-16/h5-8,11-12H,9-10,18H2,1-4H3. The summed E-state index contributed by atoms with van der Waals surface area (Å²) in [5.74, 6) is 1.81. The van der Waals surface area contributed by atoms with Crippen LogP contribution in [-0.4, -0.2) is 4.98 Å². The van der Waals surface area contributed by atoms with E-state index in [1.165, 1.54) is 10.4 Å². The monoisotopic (exact) mass is 304 g/mol. The average Bonchev–Trinajstić information content (AvgIpc) is 2.89. The number of ether oxygens (including phenoxy) is 1. The summed E-state index contributed by atoms with van der Waals surface area (Å²) in [6, 6.07) is 8.26. The predicted octanol–water partition coefficient (Wildman–Crippen LogP) is 4.43. The molecule has 114 valence electrons. The number of thiazole rings is 1. The molecular formula is C17H24N2OS. The van der Waals surface area contributed by atoms with E-state index in [1.54, 1.807) is 11.3 Å². The van der Waals surface area contributed by atoms with Crippen LogP contribution in [0.15, 0.2) is 24.3 Å². The highest BCUT2D eigenvalue weighted by Gasteiger charge is 2.13. The first kappa shape index (κ1) is 16.0. The Labute approximate surface area is 131 Å².